The summed E-state index contributed by atoms with van der Waals surface area (Å²) in [5.74, 6) is -0.0980. The van der Waals surface area contributed by atoms with Gasteiger partial charge in [-0.25, -0.2) is 28.5 Å². The maximum absolute atomic E-state index is 15.8. The van der Waals surface area contributed by atoms with Crippen LogP contribution >= 0.6 is 8.25 Å². The first-order valence-electron chi connectivity index (χ1n) is 12.7. The van der Waals surface area contributed by atoms with Crippen LogP contribution in [0.1, 0.15) is 18.9 Å². The number of hydrogen-bond acceptors (Lipinski definition) is 16. The van der Waals surface area contributed by atoms with E-state index in [1.807, 2.05) is 0 Å². The van der Waals surface area contributed by atoms with Crippen molar-refractivity contribution in [2.24, 2.45) is 0 Å². The lowest BCUT2D eigenvalue weighted by atomic mass is 10.1. The van der Waals surface area contributed by atoms with Crippen molar-refractivity contribution in [3.63, 3.8) is 0 Å². The molecule has 1 unspecified atom stereocenters. The molecular formula is C20H23FN11O9PS. The zero-order valence-electron chi connectivity index (χ0n) is 21.6. The van der Waals surface area contributed by atoms with Crippen molar-refractivity contribution in [3.8, 4) is 0 Å². The number of alkyl halides is 1. The summed E-state index contributed by atoms with van der Waals surface area (Å²) in [7, 11) is -7.85. The lowest BCUT2D eigenvalue weighted by Gasteiger charge is -2.23. The van der Waals surface area contributed by atoms with Gasteiger partial charge in [-0.15, -0.1) is 0 Å². The third-order valence-electron chi connectivity index (χ3n) is 7.18. The predicted molar refractivity (Wildman–Crippen MR) is 141 cm³/mol. The van der Waals surface area contributed by atoms with E-state index in [1.165, 1.54) is 12.7 Å². The Balaban J connectivity index is 1.13. The number of nitrogens with two attached hydrogens (primary N) is 2. The van der Waals surface area contributed by atoms with Crippen molar-refractivity contribution in [2.75, 3.05) is 24.6 Å². The molecule has 0 spiro atoms. The lowest BCUT2D eigenvalue weighted by molar-refractivity contribution is -0.0429. The van der Waals surface area contributed by atoms with Gasteiger partial charge in [-0.1, -0.05) is 0 Å². The van der Waals surface area contributed by atoms with Gasteiger partial charge in [-0.05, 0) is 0 Å². The van der Waals surface area contributed by atoms with E-state index >= 15 is 4.39 Å². The molecule has 3 aliphatic rings. The summed E-state index contributed by atoms with van der Waals surface area (Å²) in [5.41, 5.74) is 11.3. The Bertz CT molecular complexity index is 1900. The summed E-state index contributed by atoms with van der Waals surface area (Å²) in [4.78, 5) is 34.6. The normalized spacial score (nSPS) is 33.1. The number of anilines is 2. The van der Waals surface area contributed by atoms with Gasteiger partial charge in [0.05, 0.1) is 25.4 Å². The van der Waals surface area contributed by atoms with Crippen LogP contribution in [0.2, 0.25) is 0 Å². The zero-order valence-corrected chi connectivity index (χ0v) is 23.5. The molecule has 6 N–H and O–H groups in total. The predicted octanol–water partition coefficient (Wildman–Crippen LogP) is -1.33. The Morgan fingerprint density at radius 2 is 1.81 bits per heavy atom. The molecule has 0 aliphatic carbocycles. The summed E-state index contributed by atoms with van der Waals surface area (Å²) in [6.45, 7) is -0.957. The number of nitrogens with one attached hydrogen (secondary N) is 2. The topological polar surface area (TPSA) is 269 Å². The molecule has 3 saturated heterocycles. The second-order valence-corrected chi connectivity index (χ2v) is 12.2. The first-order chi connectivity index (χ1) is 20.6. The maximum atomic E-state index is 15.8. The van der Waals surface area contributed by atoms with Crippen molar-refractivity contribution >= 4 is 52.7 Å². The van der Waals surface area contributed by atoms with Crippen LogP contribution in [-0.2, 0) is 37.6 Å². The van der Waals surface area contributed by atoms with Crippen LogP contribution in [0.4, 0.5) is 16.2 Å². The highest BCUT2D eigenvalue weighted by molar-refractivity contribution is 7.84. The molecular weight excluding hydrogens is 620 g/mol. The average molecular weight is 644 g/mol. The fourth-order valence-electron chi connectivity index (χ4n) is 5.23. The second-order valence-electron chi connectivity index (χ2n) is 9.81. The van der Waals surface area contributed by atoms with Gasteiger partial charge in [0.1, 0.15) is 36.4 Å². The number of aromatic amines is 1. The van der Waals surface area contributed by atoms with Crippen molar-refractivity contribution in [2.45, 2.75) is 49.5 Å². The average Bonchev–Trinajstić information content (AvgIpc) is 3.72. The van der Waals surface area contributed by atoms with E-state index in [9.17, 15) is 17.8 Å². The smallest absolute Gasteiger partial charge is 0.336 e. The number of aromatic nitrogens is 8. The second kappa shape index (κ2) is 10.5. The van der Waals surface area contributed by atoms with E-state index in [4.69, 9.17) is 34.2 Å². The molecule has 230 valence electrons. The molecule has 0 bridgehead atoms. The number of rotatable bonds is 2. The monoisotopic (exact) mass is 643 g/mol. The van der Waals surface area contributed by atoms with Gasteiger partial charge in [0.15, 0.2) is 35.0 Å². The summed E-state index contributed by atoms with van der Waals surface area (Å²) < 4.78 is 87.4. The lowest BCUT2D eigenvalue weighted by Crippen LogP contribution is -2.43. The Morgan fingerprint density at radius 3 is 2.65 bits per heavy atom. The number of nitrogen functional groups attached to an aromatic ring is 2. The molecule has 7 heterocycles. The fraction of sp³-hybridized carbons (Fsp3) is 0.500. The van der Waals surface area contributed by atoms with Crippen LogP contribution < -0.4 is 21.7 Å². The standard InChI is InChI=1S/C20H23FN11O9PS/c21-11-14-9(39-19(11)32-6-27-13-17(32)29-20(23)30-18(13)33)3-37-42(34)40-7-1-10(38-8(7)2-28-43(35,36)41-14)31-5-26-12-15(22)24-4-25-16(12)31/h4-11,14,19,28,42H,1-3H2,(H2,22,24,25)(H3,23,29,30,33)/t7-,8+,9+,10+,11+,14+,19+/m0/s1. The molecule has 0 radical (unpaired) electrons. The van der Waals surface area contributed by atoms with Crippen molar-refractivity contribution in [1.82, 2.24) is 43.8 Å². The first kappa shape index (κ1) is 28.2. The number of H-pyrrole nitrogens is 1. The minimum Gasteiger partial charge on any atom is -0.382 e. The molecule has 4 aromatic heterocycles. The van der Waals surface area contributed by atoms with E-state index in [-0.39, 0.29) is 35.9 Å². The van der Waals surface area contributed by atoms with Crippen molar-refractivity contribution in [1.29, 1.82) is 0 Å². The number of fused-ring (bicyclic) bond motifs is 4. The Labute approximate surface area is 240 Å². The van der Waals surface area contributed by atoms with E-state index in [2.05, 4.69) is 34.6 Å². The fourth-order valence-corrected chi connectivity index (χ4v) is 7.05. The molecule has 0 saturated carbocycles. The van der Waals surface area contributed by atoms with Crippen LogP contribution in [-0.4, -0.2) is 91.2 Å². The molecule has 3 fully saturated rings. The van der Waals surface area contributed by atoms with Gasteiger partial charge < -0.3 is 30.0 Å². The third kappa shape index (κ3) is 5.04. The minimum atomic E-state index is -4.61. The van der Waals surface area contributed by atoms with Crippen molar-refractivity contribution < 1.29 is 40.1 Å². The summed E-state index contributed by atoms with van der Waals surface area (Å²) in [5, 5.41) is 0. The highest BCUT2D eigenvalue weighted by atomic mass is 32.2. The quantitative estimate of drug-likeness (QED) is 0.184. The van der Waals surface area contributed by atoms with E-state index in [0.29, 0.717) is 11.2 Å². The van der Waals surface area contributed by atoms with Gasteiger partial charge in [0.2, 0.25) is 5.95 Å². The summed E-state index contributed by atoms with van der Waals surface area (Å²) in [6, 6.07) is 0. The Kier molecular flexibility index (Phi) is 6.89. The molecule has 8 atom stereocenters. The molecule has 0 aromatic carbocycles. The zero-order chi connectivity index (χ0) is 30.0. The summed E-state index contributed by atoms with van der Waals surface area (Å²) >= 11 is 0. The number of halogens is 1. The molecule has 43 heavy (non-hydrogen) atoms. The van der Waals surface area contributed by atoms with Gasteiger partial charge in [-0.2, -0.15) is 18.1 Å². The Hall–Kier alpha value is -3.63. The SMILES string of the molecule is Nc1nc2c(ncn2[C@@H]2O[C@@H]3CO[PH](=O)O[C@H]4C[C@H](n5cnc6c(N)ncnc65)O[C@@H]4CNS(=O)(=O)O[C@H]3[C@H]2F)c(=O)[nH]1. The molecule has 4 aromatic rings. The largest absolute Gasteiger partial charge is 0.382 e. The first-order valence-corrected chi connectivity index (χ1v) is 15.3. The van der Waals surface area contributed by atoms with E-state index < -0.39 is 73.8 Å². The summed E-state index contributed by atoms with van der Waals surface area (Å²) in [6.07, 6.45) is -5.55. The van der Waals surface area contributed by atoms with Gasteiger partial charge in [0, 0.05) is 13.0 Å². The number of imidazole rings is 2. The van der Waals surface area contributed by atoms with E-state index in [1.54, 1.807) is 4.57 Å². The Morgan fingerprint density at radius 1 is 1.02 bits per heavy atom. The van der Waals surface area contributed by atoms with Crippen LogP contribution in [0.3, 0.4) is 0 Å². The third-order valence-corrected chi connectivity index (χ3v) is 9.08. The highest BCUT2D eigenvalue weighted by Gasteiger charge is 2.51. The van der Waals surface area contributed by atoms with Crippen LogP contribution in [0.15, 0.2) is 23.8 Å². The molecule has 0 amide bonds. The van der Waals surface area contributed by atoms with E-state index in [0.717, 1.165) is 10.9 Å². The van der Waals surface area contributed by atoms with Gasteiger partial charge in [-0.3, -0.25) is 23.5 Å². The van der Waals surface area contributed by atoms with Crippen molar-refractivity contribution in [3.05, 3.63) is 29.3 Å². The minimum absolute atomic E-state index is 0.107. The molecule has 7 rings (SSSR count). The number of nitrogens with zero attached hydrogens (tertiary/aromatic N) is 7. The molecule has 3 aliphatic heterocycles. The van der Waals surface area contributed by atoms with Gasteiger partial charge >= 0.3 is 18.6 Å². The molecule has 20 nitrogen and oxygen atoms in total. The molecule has 23 heteroatoms. The maximum Gasteiger partial charge on any atom is 0.336 e. The number of hydrogen-bond donors (Lipinski definition) is 4. The van der Waals surface area contributed by atoms with Crippen LogP contribution in [0.25, 0.3) is 22.3 Å². The highest BCUT2D eigenvalue weighted by Crippen LogP contribution is 2.41. The van der Waals surface area contributed by atoms with Crippen LogP contribution in [0.5, 0.6) is 0 Å². The van der Waals surface area contributed by atoms with Crippen LogP contribution in [0, 0.1) is 0 Å². The number of ether oxygens (including phenoxy) is 2. The van der Waals surface area contributed by atoms with Gasteiger partial charge in [0.25, 0.3) is 5.56 Å².